The van der Waals surface area contributed by atoms with Crippen molar-refractivity contribution in [3.8, 4) is 11.5 Å². The van der Waals surface area contributed by atoms with Crippen LogP contribution in [0.5, 0.6) is 11.5 Å². The van der Waals surface area contributed by atoms with Gasteiger partial charge in [-0.3, -0.25) is 0 Å². The van der Waals surface area contributed by atoms with Gasteiger partial charge in [0.05, 0.1) is 19.8 Å². The molecule has 0 spiro atoms. The van der Waals surface area contributed by atoms with Gasteiger partial charge in [-0.2, -0.15) is 0 Å². The van der Waals surface area contributed by atoms with Crippen molar-refractivity contribution in [2.24, 2.45) is 0 Å². The molecular weight excluding hydrogens is 180 g/mol. The summed E-state index contributed by atoms with van der Waals surface area (Å²) >= 11 is 0. The summed E-state index contributed by atoms with van der Waals surface area (Å²) in [7, 11) is 3.12. The molecule has 0 aromatic heterocycles. The van der Waals surface area contributed by atoms with Crippen LogP contribution in [-0.4, -0.2) is 19.3 Å². The largest absolute Gasteiger partial charge is 0.493 e. The maximum Gasteiger partial charge on any atom is 0.161 e. The SMILES string of the molecule is [CH2]C(C)(O)c1ccc(OC)c(OC)c1. The fourth-order valence-corrected chi connectivity index (χ4v) is 1.17. The van der Waals surface area contributed by atoms with Gasteiger partial charge in [-0.05, 0) is 31.5 Å². The van der Waals surface area contributed by atoms with Crippen molar-refractivity contribution in [1.29, 1.82) is 0 Å². The average Bonchev–Trinajstić information content (AvgIpc) is 2.15. The zero-order valence-corrected chi connectivity index (χ0v) is 8.70. The number of hydrogen-bond donors (Lipinski definition) is 1. The molecule has 3 heteroatoms. The predicted molar refractivity (Wildman–Crippen MR) is 54.5 cm³/mol. The first-order chi connectivity index (χ1) is 6.49. The summed E-state index contributed by atoms with van der Waals surface area (Å²) in [5.41, 5.74) is -0.422. The van der Waals surface area contributed by atoms with Gasteiger partial charge in [-0.15, -0.1) is 0 Å². The lowest BCUT2D eigenvalue weighted by Crippen LogP contribution is -2.15. The molecule has 1 aromatic rings. The van der Waals surface area contributed by atoms with Gasteiger partial charge < -0.3 is 14.6 Å². The molecule has 1 radical (unpaired) electrons. The Morgan fingerprint density at radius 1 is 1.21 bits per heavy atom. The van der Waals surface area contributed by atoms with Gasteiger partial charge in [0.1, 0.15) is 0 Å². The Hall–Kier alpha value is -1.22. The highest BCUT2D eigenvalue weighted by molar-refractivity contribution is 5.44. The van der Waals surface area contributed by atoms with E-state index < -0.39 is 5.60 Å². The molecule has 0 saturated heterocycles. The zero-order chi connectivity index (χ0) is 10.8. The van der Waals surface area contributed by atoms with Gasteiger partial charge in [0, 0.05) is 0 Å². The smallest absolute Gasteiger partial charge is 0.161 e. The van der Waals surface area contributed by atoms with Crippen LogP contribution in [0, 0.1) is 6.92 Å². The normalized spacial score (nSPS) is 11.2. The third-order valence-corrected chi connectivity index (χ3v) is 2.01. The Kier molecular flexibility index (Phi) is 3.01. The van der Waals surface area contributed by atoms with Crippen LogP contribution < -0.4 is 9.47 Å². The molecule has 1 unspecified atom stereocenters. The number of aliphatic hydroxyl groups is 1. The molecule has 1 N–H and O–H groups in total. The maximum atomic E-state index is 9.67. The van der Waals surface area contributed by atoms with E-state index >= 15 is 0 Å². The molecule has 1 aromatic carbocycles. The van der Waals surface area contributed by atoms with Crippen LogP contribution in [0.3, 0.4) is 0 Å². The van der Waals surface area contributed by atoms with Crippen LogP contribution in [0.4, 0.5) is 0 Å². The molecular formula is C11H15O3. The Bertz CT molecular complexity index is 313. The van der Waals surface area contributed by atoms with E-state index in [2.05, 4.69) is 6.92 Å². The molecule has 1 atom stereocenters. The minimum absolute atomic E-state index is 0.592. The molecule has 0 heterocycles. The third-order valence-electron chi connectivity index (χ3n) is 2.01. The Balaban J connectivity index is 3.14. The van der Waals surface area contributed by atoms with Gasteiger partial charge in [0.2, 0.25) is 0 Å². The molecule has 0 aliphatic heterocycles. The van der Waals surface area contributed by atoms with E-state index in [4.69, 9.17) is 9.47 Å². The minimum atomic E-state index is -1.11. The Morgan fingerprint density at radius 3 is 2.21 bits per heavy atom. The second-order valence-corrected chi connectivity index (χ2v) is 3.34. The molecule has 77 valence electrons. The number of rotatable bonds is 3. The molecule has 0 amide bonds. The van der Waals surface area contributed by atoms with Gasteiger partial charge in [0.15, 0.2) is 11.5 Å². The molecule has 0 aliphatic rings. The highest BCUT2D eigenvalue weighted by Crippen LogP contribution is 2.31. The van der Waals surface area contributed by atoms with Crippen molar-refractivity contribution in [2.45, 2.75) is 12.5 Å². The monoisotopic (exact) mass is 195 g/mol. The molecule has 0 aliphatic carbocycles. The highest BCUT2D eigenvalue weighted by atomic mass is 16.5. The molecule has 14 heavy (non-hydrogen) atoms. The fourth-order valence-electron chi connectivity index (χ4n) is 1.17. The van der Waals surface area contributed by atoms with E-state index in [0.717, 1.165) is 0 Å². The van der Waals surface area contributed by atoms with Crippen molar-refractivity contribution < 1.29 is 14.6 Å². The first-order valence-corrected chi connectivity index (χ1v) is 4.29. The Morgan fingerprint density at radius 2 is 1.79 bits per heavy atom. The zero-order valence-electron chi connectivity index (χ0n) is 8.70. The summed E-state index contributed by atoms with van der Waals surface area (Å²) in [6, 6.07) is 5.22. The van der Waals surface area contributed by atoms with Crippen molar-refractivity contribution in [3.63, 3.8) is 0 Å². The van der Waals surface area contributed by atoms with E-state index in [1.807, 2.05) is 0 Å². The second kappa shape index (κ2) is 3.88. The molecule has 0 bridgehead atoms. The van der Waals surface area contributed by atoms with Gasteiger partial charge in [-0.1, -0.05) is 6.07 Å². The maximum absolute atomic E-state index is 9.67. The minimum Gasteiger partial charge on any atom is -0.493 e. The van der Waals surface area contributed by atoms with Crippen molar-refractivity contribution in [3.05, 3.63) is 30.7 Å². The summed E-state index contributed by atoms with van der Waals surface area (Å²) in [6.07, 6.45) is 0. The molecule has 1 rings (SSSR count). The van der Waals surface area contributed by atoms with Crippen LogP contribution in [0.2, 0.25) is 0 Å². The van der Waals surface area contributed by atoms with Crippen LogP contribution in [0.15, 0.2) is 18.2 Å². The number of benzene rings is 1. The summed E-state index contributed by atoms with van der Waals surface area (Å²) in [5.74, 6) is 1.23. The topological polar surface area (TPSA) is 38.7 Å². The van der Waals surface area contributed by atoms with Crippen LogP contribution in [0.1, 0.15) is 12.5 Å². The number of hydrogen-bond acceptors (Lipinski definition) is 3. The Labute approximate surface area is 84.3 Å². The molecule has 3 nitrogen and oxygen atoms in total. The lowest BCUT2D eigenvalue weighted by atomic mass is 9.98. The van der Waals surface area contributed by atoms with E-state index in [0.29, 0.717) is 17.1 Å². The van der Waals surface area contributed by atoms with E-state index in [-0.39, 0.29) is 0 Å². The second-order valence-electron chi connectivity index (χ2n) is 3.34. The third kappa shape index (κ3) is 2.17. The van der Waals surface area contributed by atoms with Crippen molar-refractivity contribution in [2.75, 3.05) is 14.2 Å². The van der Waals surface area contributed by atoms with Crippen molar-refractivity contribution >= 4 is 0 Å². The summed E-state index contributed by atoms with van der Waals surface area (Å²) in [4.78, 5) is 0. The number of ether oxygens (including phenoxy) is 2. The fraction of sp³-hybridized carbons (Fsp3) is 0.364. The summed E-state index contributed by atoms with van der Waals surface area (Å²) in [5, 5.41) is 9.67. The van der Waals surface area contributed by atoms with Gasteiger partial charge in [-0.25, -0.2) is 0 Å². The van der Waals surface area contributed by atoms with Gasteiger partial charge >= 0.3 is 0 Å². The van der Waals surface area contributed by atoms with E-state index in [1.165, 1.54) is 0 Å². The van der Waals surface area contributed by atoms with Crippen molar-refractivity contribution in [1.82, 2.24) is 0 Å². The summed E-state index contributed by atoms with van der Waals surface area (Å²) in [6.45, 7) is 5.25. The first-order valence-electron chi connectivity index (χ1n) is 4.29. The quantitative estimate of drug-likeness (QED) is 0.798. The molecule has 0 saturated carbocycles. The molecule has 0 fully saturated rings. The van der Waals surface area contributed by atoms with E-state index in [1.54, 1.807) is 39.3 Å². The van der Waals surface area contributed by atoms with Crippen LogP contribution in [-0.2, 0) is 5.60 Å². The predicted octanol–water partition coefficient (Wildman–Crippen LogP) is 1.75. The van der Waals surface area contributed by atoms with E-state index in [9.17, 15) is 5.11 Å². The van der Waals surface area contributed by atoms with Gasteiger partial charge in [0.25, 0.3) is 0 Å². The first kappa shape index (κ1) is 10.9. The lowest BCUT2D eigenvalue weighted by molar-refractivity contribution is 0.108. The lowest BCUT2D eigenvalue weighted by Gasteiger charge is -2.19. The number of methoxy groups -OCH3 is 2. The van der Waals surface area contributed by atoms with Crippen LogP contribution in [0.25, 0.3) is 0 Å². The summed E-state index contributed by atoms with van der Waals surface area (Å²) < 4.78 is 10.2. The standard InChI is InChI=1S/C11H15O3/c1-11(2,12)8-5-6-9(13-3)10(7-8)14-4/h5-7,12H,1H2,2-4H3. The highest BCUT2D eigenvalue weighted by Gasteiger charge is 2.18. The average molecular weight is 195 g/mol. The van der Waals surface area contributed by atoms with Crippen LogP contribution >= 0.6 is 0 Å².